The van der Waals surface area contributed by atoms with Crippen molar-refractivity contribution in [1.29, 1.82) is 0 Å². The molecule has 2 aromatic heterocycles. The van der Waals surface area contributed by atoms with E-state index in [1.54, 1.807) is 24.5 Å². The molecule has 0 saturated carbocycles. The molecule has 7 heteroatoms. The monoisotopic (exact) mass is 418 g/mol. The Kier molecular flexibility index (Phi) is 8.06. The zero-order valence-corrected chi connectivity index (χ0v) is 14.9. The smallest absolute Gasteiger partial charge is 0.213 e. The van der Waals surface area contributed by atoms with E-state index >= 15 is 0 Å². The van der Waals surface area contributed by atoms with Crippen LogP contribution in [0.5, 0.6) is 5.88 Å². The minimum absolute atomic E-state index is 0. The first-order valence-electron chi connectivity index (χ1n) is 6.34. The Morgan fingerprint density at radius 3 is 2.95 bits per heavy atom. The summed E-state index contributed by atoms with van der Waals surface area (Å²) in [6.07, 6.45) is 0.950. The van der Waals surface area contributed by atoms with Crippen molar-refractivity contribution in [1.82, 2.24) is 10.3 Å². The number of nitrogens with zero attached hydrogens (tertiary/aromatic N) is 2. The third kappa shape index (κ3) is 6.30. The Labute approximate surface area is 145 Å². The number of nitrogens with two attached hydrogens (primary N) is 1. The van der Waals surface area contributed by atoms with Gasteiger partial charge in [-0.2, -0.15) is 0 Å². The van der Waals surface area contributed by atoms with Gasteiger partial charge in [0.25, 0.3) is 0 Å². The summed E-state index contributed by atoms with van der Waals surface area (Å²) in [4.78, 5) is 9.86. The molecule has 5 nitrogen and oxygen atoms in total. The van der Waals surface area contributed by atoms with Crippen LogP contribution in [0.25, 0.3) is 0 Å². The van der Waals surface area contributed by atoms with E-state index in [1.807, 2.05) is 18.2 Å². The third-order valence-corrected chi connectivity index (χ3v) is 3.60. The number of nitrogens with one attached hydrogen (secondary N) is 1. The average molecular weight is 418 g/mol. The number of aromatic nitrogens is 1. The fourth-order valence-electron chi connectivity index (χ4n) is 1.65. The van der Waals surface area contributed by atoms with E-state index in [9.17, 15) is 0 Å². The fourth-order valence-corrected chi connectivity index (χ4v) is 2.36. The summed E-state index contributed by atoms with van der Waals surface area (Å²) in [6, 6.07) is 9.74. The highest BCUT2D eigenvalue weighted by atomic mass is 127. The maximum absolute atomic E-state index is 5.81. The number of halogens is 1. The summed E-state index contributed by atoms with van der Waals surface area (Å²) in [5.41, 5.74) is 6.64. The molecule has 0 bridgehead atoms. The van der Waals surface area contributed by atoms with E-state index in [0.29, 0.717) is 18.4 Å². The van der Waals surface area contributed by atoms with Crippen LogP contribution in [0.1, 0.15) is 10.6 Å². The van der Waals surface area contributed by atoms with Crippen LogP contribution < -0.4 is 15.8 Å². The topological polar surface area (TPSA) is 72.5 Å². The summed E-state index contributed by atoms with van der Waals surface area (Å²) in [5, 5.41) is 5.17. The molecule has 114 valence electrons. The second-order valence-corrected chi connectivity index (χ2v) is 5.16. The fraction of sp³-hybridized carbons (Fsp3) is 0.286. The summed E-state index contributed by atoms with van der Waals surface area (Å²) < 4.78 is 5.06. The maximum Gasteiger partial charge on any atom is 0.213 e. The normalized spacial score (nSPS) is 10.8. The highest BCUT2D eigenvalue weighted by molar-refractivity contribution is 14.0. The van der Waals surface area contributed by atoms with Gasteiger partial charge in [0.1, 0.15) is 0 Å². The predicted octanol–water partition coefficient (Wildman–Crippen LogP) is 2.42. The molecule has 21 heavy (non-hydrogen) atoms. The predicted molar refractivity (Wildman–Crippen MR) is 97.6 cm³/mol. The van der Waals surface area contributed by atoms with Gasteiger partial charge in [-0.15, -0.1) is 35.3 Å². The number of pyridine rings is 1. The molecule has 0 spiro atoms. The lowest BCUT2D eigenvalue weighted by atomic mass is 10.3. The Hall–Kier alpha value is -1.35. The Morgan fingerprint density at radius 2 is 2.24 bits per heavy atom. The van der Waals surface area contributed by atoms with Gasteiger partial charge in [-0.05, 0) is 23.9 Å². The van der Waals surface area contributed by atoms with E-state index in [1.165, 1.54) is 4.88 Å². The maximum atomic E-state index is 5.81. The molecular weight excluding hydrogens is 399 g/mol. The van der Waals surface area contributed by atoms with Crippen LogP contribution in [0.4, 0.5) is 0 Å². The quantitative estimate of drug-likeness (QED) is 0.430. The van der Waals surface area contributed by atoms with Gasteiger partial charge in [0.05, 0.1) is 19.3 Å². The van der Waals surface area contributed by atoms with Gasteiger partial charge in [-0.3, -0.25) is 0 Å². The van der Waals surface area contributed by atoms with Crippen LogP contribution in [0.2, 0.25) is 0 Å². The van der Waals surface area contributed by atoms with Crippen molar-refractivity contribution in [2.24, 2.45) is 10.7 Å². The van der Waals surface area contributed by atoms with Crippen LogP contribution in [-0.4, -0.2) is 24.6 Å². The van der Waals surface area contributed by atoms with E-state index in [2.05, 4.69) is 26.7 Å². The Balaban J connectivity index is 0.00000220. The molecule has 0 radical (unpaired) electrons. The molecule has 2 aromatic rings. The molecule has 0 atom stereocenters. The molecular formula is C14H19IN4OS. The number of thiophene rings is 1. The zero-order chi connectivity index (χ0) is 14.2. The average Bonchev–Trinajstić information content (AvgIpc) is 2.98. The molecule has 2 heterocycles. The van der Waals surface area contributed by atoms with Crippen molar-refractivity contribution in [2.75, 3.05) is 13.7 Å². The van der Waals surface area contributed by atoms with Crippen LogP contribution in [0.15, 0.2) is 40.7 Å². The molecule has 0 aromatic carbocycles. The standard InChI is InChI=1S/C14H18N4OS.HI/c1-19-13-6-2-4-11(18-13)10-17-14(15)16-8-7-12-5-3-9-20-12;/h2-6,9H,7-8,10H2,1H3,(H3,15,16,17);1H. The van der Waals surface area contributed by atoms with Gasteiger partial charge in [-0.1, -0.05) is 12.1 Å². The number of hydrogen-bond acceptors (Lipinski definition) is 4. The number of rotatable bonds is 6. The van der Waals surface area contributed by atoms with Crippen molar-refractivity contribution in [2.45, 2.75) is 13.0 Å². The number of guanidine groups is 1. The first-order chi connectivity index (χ1) is 9.78. The van der Waals surface area contributed by atoms with Crippen molar-refractivity contribution in [3.63, 3.8) is 0 Å². The second-order valence-electron chi connectivity index (χ2n) is 4.13. The van der Waals surface area contributed by atoms with Crippen LogP contribution in [-0.2, 0) is 13.0 Å². The number of hydrogen-bond donors (Lipinski definition) is 2. The minimum Gasteiger partial charge on any atom is -0.481 e. The summed E-state index contributed by atoms with van der Waals surface area (Å²) in [7, 11) is 1.59. The highest BCUT2D eigenvalue weighted by Crippen LogP contribution is 2.08. The van der Waals surface area contributed by atoms with Gasteiger partial charge in [0.2, 0.25) is 5.88 Å². The van der Waals surface area contributed by atoms with E-state index < -0.39 is 0 Å². The van der Waals surface area contributed by atoms with Gasteiger partial charge in [0, 0.05) is 17.5 Å². The second kappa shape index (κ2) is 9.56. The Bertz CT molecular complexity index is 560. The van der Waals surface area contributed by atoms with Gasteiger partial charge in [0.15, 0.2) is 5.96 Å². The summed E-state index contributed by atoms with van der Waals surface area (Å²) in [6.45, 7) is 1.22. The van der Waals surface area contributed by atoms with Crippen molar-refractivity contribution < 1.29 is 4.74 Å². The number of ether oxygens (including phenoxy) is 1. The molecule has 0 saturated heterocycles. The molecule has 0 unspecified atom stereocenters. The molecule has 0 aliphatic heterocycles. The van der Waals surface area contributed by atoms with Crippen LogP contribution in [0, 0.1) is 0 Å². The van der Waals surface area contributed by atoms with Crippen LogP contribution >= 0.6 is 35.3 Å². The summed E-state index contributed by atoms with van der Waals surface area (Å²) >= 11 is 1.74. The number of aliphatic imine (C=N–C) groups is 1. The lowest BCUT2D eigenvalue weighted by Gasteiger charge is -2.05. The van der Waals surface area contributed by atoms with E-state index in [0.717, 1.165) is 18.7 Å². The third-order valence-electron chi connectivity index (χ3n) is 2.66. The van der Waals surface area contributed by atoms with Gasteiger partial charge < -0.3 is 15.8 Å². The Morgan fingerprint density at radius 1 is 1.38 bits per heavy atom. The molecule has 0 aliphatic carbocycles. The van der Waals surface area contributed by atoms with Crippen molar-refractivity contribution >= 4 is 41.3 Å². The first kappa shape index (κ1) is 17.7. The van der Waals surface area contributed by atoms with Gasteiger partial charge >= 0.3 is 0 Å². The molecule has 3 N–H and O–H groups in total. The molecule has 0 amide bonds. The lowest BCUT2D eigenvalue weighted by Crippen LogP contribution is -2.33. The summed E-state index contributed by atoms with van der Waals surface area (Å²) in [5.74, 6) is 1.02. The SMILES string of the molecule is COc1cccc(CN=C(N)NCCc2cccs2)n1.I. The van der Waals surface area contributed by atoms with E-state index in [-0.39, 0.29) is 24.0 Å². The van der Waals surface area contributed by atoms with E-state index in [4.69, 9.17) is 10.5 Å². The minimum atomic E-state index is 0. The molecule has 0 aliphatic rings. The number of methoxy groups -OCH3 is 1. The van der Waals surface area contributed by atoms with Gasteiger partial charge in [-0.25, -0.2) is 9.98 Å². The molecule has 0 fully saturated rings. The zero-order valence-electron chi connectivity index (χ0n) is 11.8. The molecule has 2 rings (SSSR count). The van der Waals surface area contributed by atoms with Crippen molar-refractivity contribution in [3.8, 4) is 5.88 Å². The first-order valence-corrected chi connectivity index (χ1v) is 7.22. The lowest BCUT2D eigenvalue weighted by molar-refractivity contribution is 0.396. The largest absolute Gasteiger partial charge is 0.481 e. The van der Waals surface area contributed by atoms with Crippen molar-refractivity contribution in [3.05, 3.63) is 46.3 Å². The highest BCUT2D eigenvalue weighted by Gasteiger charge is 1.98. The van der Waals surface area contributed by atoms with Crippen LogP contribution in [0.3, 0.4) is 0 Å².